The number of nitrogens with one attached hydrogen (secondary N) is 2. The van der Waals surface area contributed by atoms with Crippen molar-refractivity contribution in [2.45, 2.75) is 18.9 Å². The van der Waals surface area contributed by atoms with Gasteiger partial charge in [0.1, 0.15) is 18.7 Å². The second-order valence-corrected chi connectivity index (χ2v) is 5.47. The minimum absolute atomic E-state index is 0.204. The molecule has 0 spiro atoms. The van der Waals surface area contributed by atoms with Crippen LogP contribution in [0.15, 0.2) is 36.7 Å². The number of amides is 1. The molecular weight excluding hydrogens is 294 g/mol. The molecule has 1 amide bonds. The molecule has 1 atom stereocenters. The van der Waals surface area contributed by atoms with Crippen molar-refractivity contribution in [2.24, 2.45) is 0 Å². The number of piperidine rings is 1. The summed E-state index contributed by atoms with van der Waals surface area (Å²) in [6.07, 6.45) is 3.80. The van der Waals surface area contributed by atoms with E-state index in [-0.39, 0.29) is 17.8 Å². The zero-order valence-electron chi connectivity index (χ0n) is 12.9. The van der Waals surface area contributed by atoms with E-state index in [2.05, 4.69) is 20.7 Å². The van der Waals surface area contributed by atoms with Crippen molar-refractivity contribution in [3.63, 3.8) is 0 Å². The van der Waals surface area contributed by atoms with E-state index in [0.29, 0.717) is 13.2 Å². The molecular formula is C16H21N5O2. The van der Waals surface area contributed by atoms with Gasteiger partial charge >= 0.3 is 0 Å². The highest BCUT2D eigenvalue weighted by Crippen LogP contribution is 2.14. The Hall–Kier alpha value is -2.41. The molecule has 1 saturated heterocycles. The molecule has 122 valence electrons. The summed E-state index contributed by atoms with van der Waals surface area (Å²) in [5.74, 6) is 0.716. The first-order chi connectivity index (χ1) is 11.3. The summed E-state index contributed by atoms with van der Waals surface area (Å²) in [6, 6.07) is 9.78. The van der Waals surface area contributed by atoms with Crippen molar-refractivity contribution < 1.29 is 9.53 Å². The largest absolute Gasteiger partial charge is 0.492 e. The monoisotopic (exact) mass is 315 g/mol. The van der Waals surface area contributed by atoms with E-state index in [1.807, 2.05) is 30.3 Å². The maximum absolute atomic E-state index is 12.0. The Morgan fingerprint density at radius 1 is 1.39 bits per heavy atom. The van der Waals surface area contributed by atoms with E-state index in [1.165, 1.54) is 0 Å². The van der Waals surface area contributed by atoms with Crippen LogP contribution in [0.2, 0.25) is 0 Å². The van der Waals surface area contributed by atoms with Crippen LogP contribution in [-0.2, 0) is 0 Å². The zero-order valence-corrected chi connectivity index (χ0v) is 12.9. The Morgan fingerprint density at radius 3 is 3.04 bits per heavy atom. The predicted octanol–water partition coefficient (Wildman–Crippen LogP) is 1.01. The molecule has 7 heteroatoms. The van der Waals surface area contributed by atoms with E-state index in [1.54, 1.807) is 11.0 Å². The Bertz CT molecular complexity index is 622. The number of benzene rings is 1. The molecule has 23 heavy (non-hydrogen) atoms. The van der Waals surface area contributed by atoms with Crippen LogP contribution >= 0.6 is 0 Å². The summed E-state index contributed by atoms with van der Waals surface area (Å²) in [6.45, 7) is 2.73. The fourth-order valence-corrected chi connectivity index (χ4v) is 2.54. The Labute approximate surface area is 135 Å². The third-order valence-electron chi connectivity index (χ3n) is 3.76. The van der Waals surface area contributed by atoms with Gasteiger partial charge in [0.25, 0.3) is 5.91 Å². The lowest BCUT2D eigenvalue weighted by Crippen LogP contribution is -2.32. The van der Waals surface area contributed by atoms with Crippen LogP contribution < -0.4 is 15.4 Å². The molecule has 2 heterocycles. The molecule has 7 nitrogen and oxygen atoms in total. The van der Waals surface area contributed by atoms with Crippen LogP contribution in [0.5, 0.6) is 5.75 Å². The van der Waals surface area contributed by atoms with Gasteiger partial charge in [-0.25, -0.2) is 9.67 Å². The van der Waals surface area contributed by atoms with Gasteiger partial charge in [0.15, 0.2) is 0 Å². The molecule has 1 fully saturated rings. The summed E-state index contributed by atoms with van der Waals surface area (Å²) in [7, 11) is 0. The van der Waals surface area contributed by atoms with Crippen molar-refractivity contribution in [3.8, 4) is 5.75 Å². The second kappa shape index (κ2) is 7.73. The normalized spacial score (nSPS) is 17.7. The lowest BCUT2D eigenvalue weighted by atomic mass is 10.1. The Balaban J connectivity index is 1.44. The van der Waals surface area contributed by atoms with Crippen LogP contribution in [0.25, 0.3) is 0 Å². The lowest BCUT2D eigenvalue weighted by Gasteiger charge is -2.22. The Morgan fingerprint density at radius 2 is 2.26 bits per heavy atom. The molecule has 1 unspecified atom stereocenters. The van der Waals surface area contributed by atoms with Gasteiger partial charge in [-0.1, -0.05) is 18.2 Å². The molecule has 0 aliphatic carbocycles. The van der Waals surface area contributed by atoms with Gasteiger partial charge in [-0.15, -0.1) is 5.10 Å². The van der Waals surface area contributed by atoms with Crippen LogP contribution in [0.4, 0.5) is 0 Å². The van der Waals surface area contributed by atoms with E-state index in [4.69, 9.17) is 4.74 Å². The third-order valence-corrected chi connectivity index (χ3v) is 3.76. The lowest BCUT2D eigenvalue weighted by molar-refractivity contribution is 0.0936. The molecule has 2 N–H and O–H groups in total. The first-order valence-electron chi connectivity index (χ1n) is 7.91. The Kier molecular flexibility index (Phi) is 5.21. The second-order valence-electron chi connectivity index (χ2n) is 5.47. The summed E-state index contributed by atoms with van der Waals surface area (Å²) >= 11 is 0. The highest BCUT2D eigenvalue weighted by molar-refractivity contribution is 5.90. The number of ether oxygens (including phenoxy) is 1. The summed E-state index contributed by atoms with van der Waals surface area (Å²) in [4.78, 5) is 16.1. The van der Waals surface area contributed by atoms with Crippen molar-refractivity contribution in [1.29, 1.82) is 0 Å². The number of nitrogens with zero attached hydrogens (tertiary/aromatic N) is 3. The number of carbonyl (C=O) groups excluding carboxylic acids is 1. The van der Waals surface area contributed by atoms with E-state index >= 15 is 0 Å². The predicted molar refractivity (Wildman–Crippen MR) is 85.4 cm³/mol. The molecule has 0 saturated carbocycles. The molecule has 3 rings (SSSR count). The first-order valence-corrected chi connectivity index (χ1v) is 7.91. The van der Waals surface area contributed by atoms with E-state index < -0.39 is 0 Å². The summed E-state index contributed by atoms with van der Waals surface area (Å²) < 4.78 is 7.30. The molecule has 0 bridgehead atoms. The minimum atomic E-state index is -0.274. The maximum atomic E-state index is 12.0. The van der Waals surface area contributed by atoms with Crippen molar-refractivity contribution in [2.75, 3.05) is 26.2 Å². The highest BCUT2D eigenvalue weighted by Gasteiger charge is 2.18. The first kappa shape index (κ1) is 15.5. The molecule has 1 aliphatic heterocycles. The standard InChI is InChI=1S/C16H21N5O2/c22-16(18-9-10-23-14-6-2-1-3-7-14)15-19-12-21(20-15)13-5-4-8-17-11-13/h1-3,6-7,12-13,17H,4-5,8-11H2,(H,18,22). The van der Waals surface area contributed by atoms with Crippen LogP contribution in [0, 0.1) is 0 Å². The van der Waals surface area contributed by atoms with Gasteiger partial charge in [0.2, 0.25) is 5.82 Å². The third kappa shape index (κ3) is 4.29. The van der Waals surface area contributed by atoms with E-state index in [0.717, 1.165) is 31.7 Å². The van der Waals surface area contributed by atoms with Crippen molar-refractivity contribution in [3.05, 3.63) is 42.5 Å². The SMILES string of the molecule is O=C(NCCOc1ccccc1)c1ncn(C2CCCNC2)n1. The number of aromatic nitrogens is 3. The van der Waals surface area contributed by atoms with E-state index in [9.17, 15) is 4.79 Å². The van der Waals surface area contributed by atoms with Crippen LogP contribution in [0.1, 0.15) is 29.5 Å². The van der Waals surface area contributed by atoms with Crippen LogP contribution in [0.3, 0.4) is 0 Å². The average Bonchev–Trinajstić information content (AvgIpc) is 3.10. The number of carbonyl (C=O) groups is 1. The topological polar surface area (TPSA) is 81.1 Å². The summed E-state index contributed by atoms with van der Waals surface area (Å²) in [5, 5.41) is 10.4. The van der Waals surface area contributed by atoms with Gasteiger partial charge in [0.05, 0.1) is 12.6 Å². The number of hydrogen-bond acceptors (Lipinski definition) is 5. The smallest absolute Gasteiger partial charge is 0.291 e. The average molecular weight is 315 g/mol. The van der Waals surface area contributed by atoms with Crippen molar-refractivity contribution in [1.82, 2.24) is 25.4 Å². The van der Waals surface area contributed by atoms with Gasteiger partial charge in [-0.05, 0) is 31.5 Å². The van der Waals surface area contributed by atoms with Crippen molar-refractivity contribution >= 4 is 5.91 Å². The highest BCUT2D eigenvalue weighted by atomic mass is 16.5. The molecule has 1 aromatic heterocycles. The van der Waals surface area contributed by atoms with Gasteiger partial charge in [0, 0.05) is 6.54 Å². The molecule has 1 aliphatic rings. The van der Waals surface area contributed by atoms with Crippen LogP contribution in [-0.4, -0.2) is 46.9 Å². The van der Waals surface area contributed by atoms with Gasteiger partial charge < -0.3 is 15.4 Å². The minimum Gasteiger partial charge on any atom is -0.492 e. The number of para-hydroxylation sites is 1. The molecule has 0 radical (unpaired) electrons. The van der Waals surface area contributed by atoms with Gasteiger partial charge in [-0.2, -0.15) is 0 Å². The number of hydrogen-bond donors (Lipinski definition) is 2. The fourth-order valence-electron chi connectivity index (χ4n) is 2.54. The summed E-state index contributed by atoms with van der Waals surface area (Å²) in [5.41, 5.74) is 0. The maximum Gasteiger partial charge on any atom is 0.291 e. The fraction of sp³-hybridized carbons (Fsp3) is 0.438. The molecule has 2 aromatic rings. The quantitative estimate of drug-likeness (QED) is 0.778. The van der Waals surface area contributed by atoms with Gasteiger partial charge in [-0.3, -0.25) is 4.79 Å². The molecule has 1 aromatic carbocycles. The zero-order chi connectivity index (χ0) is 15.9. The number of rotatable bonds is 6.